The Kier molecular flexibility index (Phi) is 4.18. The number of hydrogen-bond acceptors (Lipinski definition) is 4. The Bertz CT molecular complexity index is 873. The molecule has 0 radical (unpaired) electrons. The molecule has 5 nitrogen and oxygen atoms in total. The van der Waals surface area contributed by atoms with Gasteiger partial charge in [0.25, 0.3) is 0 Å². The van der Waals surface area contributed by atoms with Gasteiger partial charge in [0.15, 0.2) is 0 Å². The van der Waals surface area contributed by atoms with Crippen LogP contribution >= 0.6 is 0 Å². The Hall–Kier alpha value is -2.61. The lowest BCUT2D eigenvalue weighted by Crippen LogP contribution is -2.32. The molecule has 0 aliphatic carbocycles. The summed E-state index contributed by atoms with van der Waals surface area (Å²) in [5, 5.41) is 25.2. The molecule has 2 aromatic rings. The van der Waals surface area contributed by atoms with Crippen molar-refractivity contribution in [1.29, 1.82) is 10.7 Å². The van der Waals surface area contributed by atoms with Crippen LogP contribution in [0.1, 0.15) is 69.8 Å². The number of aromatic amines is 1. The first kappa shape index (κ1) is 18.2. The molecule has 2 unspecified atom stereocenters. The maximum atomic E-state index is 9.73. The minimum atomic E-state index is -0.665. The van der Waals surface area contributed by atoms with Crippen molar-refractivity contribution in [2.45, 2.75) is 58.3 Å². The van der Waals surface area contributed by atoms with Crippen molar-refractivity contribution < 1.29 is 4.74 Å². The number of H-pyrrole nitrogens is 1. The molecule has 1 aliphatic rings. The van der Waals surface area contributed by atoms with Gasteiger partial charge in [-0.25, -0.2) is 0 Å². The van der Waals surface area contributed by atoms with Gasteiger partial charge in [0.05, 0.1) is 6.07 Å². The van der Waals surface area contributed by atoms with Crippen molar-refractivity contribution in [3.8, 4) is 11.9 Å². The zero-order chi connectivity index (χ0) is 19.3. The minimum Gasteiger partial charge on any atom is -0.422 e. The van der Waals surface area contributed by atoms with Crippen molar-refractivity contribution in [3.05, 3.63) is 46.6 Å². The summed E-state index contributed by atoms with van der Waals surface area (Å²) >= 11 is 0. The van der Waals surface area contributed by atoms with Gasteiger partial charge in [-0.2, -0.15) is 5.26 Å². The third-order valence-electron chi connectivity index (χ3n) is 4.93. The van der Waals surface area contributed by atoms with Gasteiger partial charge in [-0.15, -0.1) is 5.10 Å². The number of aromatic nitrogens is 2. The lowest BCUT2D eigenvalue weighted by molar-refractivity contribution is 0.433. The first-order chi connectivity index (χ1) is 12.0. The average Bonchev–Trinajstić information content (AvgIpc) is 2.96. The Morgan fingerprint density at radius 1 is 1.08 bits per heavy atom. The Labute approximate surface area is 154 Å². The molecule has 0 amide bonds. The van der Waals surface area contributed by atoms with Crippen molar-refractivity contribution >= 4 is 5.90 Å². The van der Waals surface area contributed by atoms with Crippen LogP contribution in [0.15, 0.2) is 24.3 Å². The van der Waals surface area contributed by atoms with E-state index < -0.39 is 5.92 Å². The van der Waals surface area contributed by atoms with Crippen LogP contribution in [0.4, 0.5) is 0 Å². The Balaban J connectivity index is 2.17. The zero-order valence-electron chi connectivity index (χ0n) is 16.3. The maximum Gasteiger partial charge on any atom is 0.243 e. The number of benzene rings is 1. The number of nitrogens with one attached hydrogen (secondary N) is 2. The summed E-state index contributed by atoms with van der Waals surface area (Å²) in [6.45, 7) is 12.8. The van der Waals surface area contributed by atoms with E-state index in [0.717, 1.165) is 16.8 Å². The van der Waals surface area contributed by atoms with E-state index in [0.29, 0.717) is 5.88 Å². The van der Waals surface area contributed by atoms with Crippen LogP contribution in [0, 0.1) is 22.7 Å². The molecule has 1 aromatic heterocycles. The second-order valence-corrected chi connectivity index (χ2v) is 8.99. The van der Waals surface area contributed by atoms with Crippen LogP contribution in [0.25, 0.3) is 0 Å². The molecule has 2 atom stereocenters. The molecule has 5 heteroatoms. The average molecular weight is 350 g/mol. The highest BCUT2D eigenvalue weighted by Crippen LogP contribution is 2.45. The van der Waals surface area contributed by atoms with Crippen LogP contribution in [-0.4, -0.2) is 16.1 Å². The Morgan fingerprint density at radius 2 is 1.69 bits per heavy atom. The molecule has 0 fully saturated rings. The number of nitriles is 1. The fourth-order valence-electron chi connectivity index (χ4n) is 3.44. The number of nitrogens with zero attached hydrogens (tertiary/aromatic N) is 2. The van der Waals surface area contributed by atoms with Gasteiger partial charge < -0.3 is 4.74 Å². The molecule has 1 aliphatic heterocycles. The van der Waals surface area contributed by atoms with Crippen LogP contribution in [-0.2, 0) is 10.8 Å². The Morgan fingerprint density at radius 3 is 2.19 bits per heavy atom. The third-order valence-corrected chi connectivity index (χ3v) is 4.93. The van der Waals surface area contributed by atoms with Gasteiger partial charge in [-0.1, -0.05) is 65.8 Å². The molecular formula is C21H26N4O. The molecule has 2 heterocycles. The third kappa shape index (κ3) is 3.01. The smallest absolute Gasteiger partial charge is 0.243 e. The second-order valence-electron chi connectivity index (χ2n) is 8.99. The van der Waals surface area contributed by atoms with Crippen LogP contribution in [0.2, 0.25) is 0 Å². The normalized spacial score (nSPS) is 20.3. The zero-order valence-corrected chi connectivity index (χ0v) is 16.3. The van der Waals surface area contributed by atoms with Gasteiger partial charge in [0.1, 0.15) is 5.92 Å². The van der Waals surface area contributed by atoms with Crippen LogP contribution in [0.3, 0.4) is 0 Å². The van der Waals surface area contributed by atoms with E-state index in [4.69, 9.17) is 10.1 Å². The highest BCUT2D eigenvalue weighted by atomic mass is 16.5. The molecule has 136 valence electrons. The number of fused-ring (bicyclic) bond motifs is 1. The van der Waals surface area contributed by atoms with Crippen molar-refractivity contribution in [3.63, 3.8) is 0 Å². The summed E-state index contributed by atoms with van der Waals surface area (Å²) in [5.41, 5.74) is 3.97. The van der Waals surface area contributed by atoms with Gasteiger partial charge in [0.2, 0.25) is 11.8 Å². The lowest BCUT2D eigenvalue weighted by Gasteiger charge is -2.31. The molecule has 0 spiro atoms. The van der Waals surface area contributed by atoms with E-state index in [1.54, 1.807) is 0 Å². The van der Waals surface area contributed by atoms with Gasteiger partial charge in [-0.3, -0.25) is 10.5 Å². The molecule has 26 heavy (non-hydrogen) atoms. The molecule has 0 saturated heterocycles. The summed E-state index contributed by atoms with van der Waals surface area (Å²) in [7, 11) is 0. The summed E-state index contributed by atoms with van der Waals surface area (Å²) in [5.74, 6) is -0.562. The van der Waals surface area contributed by atoms with E-state index >= 15 is 0 Å². The highest BCUT2D eigenvalue weighted by molar-refractivity contribution is 5.84. The summed E-state index contributed by atoms with van der Waals surface area (Å²) in [4.78, 5) is 0. The SMILES string of the molecule is CC(C)(C)c1ccc(C2c3c(n[nH]c3C(C)(C)C)OC(=N)C2C#N)cc1. The fraction of sp³-hybridized carbons (Fsp3) is 0.476. The summed E-state index contributed by atoms with van der Waals surface area (Å²) < 4.78 is 5.56. The molecule has 3 rings (SSSR count). The molecule has 1 aromatic carbocycles. The van der Waals surface area contributed by atoms with E-state index in [9.17, 15) is 5.26 Å². The van der Waals surface area contributed by atoms with Crippen molar-refractivity contribution in [2.24, 2.45) is 5.92 Å². The first-order valence-electron chi connectivity index (χ1n) is 8.89. The first-order valence-corrected chi connectivity index (χ1v) is 8.89. The molecule has 0 bridgehead atoms. The van der Waals surface area contributed by atoms with Gasteiger partial charge in [0, 0.05) is 22.6 Å². The maximum absolute atomic E-state index is 9.73. The minimum absolute atomic E-state index is 0.0446. The van der Waals surface area contributed by atoms with Crippen LogP contribution < -0.4 is 4.74 Å². The van der Waals surface area contributed by atoms with E-state index in [2.05, 4.69) is 82.1 Å². The van der Waals surface area contributed by atoms with E-state index in [1.807, 2.05) is 0 Å². The van der Waals surface area contributed by atoms with Crippen molar-refractivity contribution in [1.82, 2.24) is 10.2 Å². The van der Waals surface area contributed by atoms with E-state index in [-0.39, 0.29) is 22.6 Å². The predicted octanol–water partition coefficient (Wildman–Crippen LogP) is 4.65. The van der Waals surface area contributed by atoms with Gasteiger partial charge in [-0.05, 0) is 16.5 Å². The van der Waals surface area contributed by atoms with E-state index in [1.165, 1.54) is 5.56 Å². The standard InChI is InChI=1S/C21H26N4O/c1-20(2,3)13-9-7-12(8-10-13)15-14(11-22)18(23)26-19-16(15)17(24-25-19)21(4,5)6/h7-10,14-15,23H,1-6H3,(H,24,25). The second kappa shape index (κ2) is 5.98. The number of hydrogen-bond donors (Lipinski definition) is 2. The number of ether oxygens (including phenoxy) is 1. The van der Waals surface area contributed by atoms with Crippen molar-refractivity contribution in [2.75, 3.05) is 0 Å². The summed E-state index contributed by atoms with van der Waals surface area (Å²) in [6, 6.07) is 10.6. The lowest BCUT2D eigenvalue weighted by atomic mass is 9.75. The fourth-order valence-corrected chi connectivity index (χ4v) is 3.44. The highest BCUT2D eigenvalue weighted by Gasteiger charge is 2.42. The van der Waals surface area contributed by atoms with Gasteiger partial charge >= 0.3 is 0 Å². The van der Waals surface area contributed by atoms with Crippen LogP contribution in [0.5, 0.6) is 5.88 Å². The summed E-state index contributed by atoms with van der Waals surface area (Å²) in [6.07, 6.45) is 0. The predicted molar refractivity (Wildman–Crippen MR) is 102 cm³/mol. The monoisotopic (exact) mass is 350 g/mol. The number of rotatable bonds is 1. The topological polar surface area (TPSA) is 85.5 Å². The quantitative estimate of drug-likeness (QED) is 0.785. The molecule has 2 N–H and O–H groups in total. The molecular weight excluding hydrogens is 324 g/mol. The largest absolute Gasteiger partial charge is 0.422 e. The molecule has 0 saturated carbocycles.